The van der Waals surface area contributed by atoms with E-state index in [2.05, 4.69) is 26.1 Å². The van der Waals surface area contributed by atoms with Crippen LogP contribution in [-0.4, -0.2) is 46.0 Å². The molecule has 0 aliphatic heterocycles. The number of hydrogen-bond donors (Lipinski definition) is 1. The molecule has 1 aromatic heterocycles. The lowest BCUT2D eigenvalue weighted by Gasteiger charge is -2.10. The van der Waals surface area contributed by atoms with Crippen LogP contribution in [0.4, 0.5) is 0 Å². The van der Waals surface area contributed by atoms with E-state index in [4.69, 9.17) is 9.47 Å². The van der Waals surface area contributed by atoms with Crippen molar-refractivity contribution in [2.24, 2.45) is 5.10 Å². The zero-order valence-corrected chi connectivity index (χ0v) is 15.1. The van der Waals surface area contributed by atoms with Gasteiger partial charge in [0.25, 0.3) is 5.91 Å². The molecule has 0 aliphatic carbocycles. The molecule has 3 rings (SSSR count). The first-order valence-electron chi connectivity index (χ1n) is 8.03. The lowest BCUT2D eigenvalue weighted by molar-refractivity contribution is 0.0955. The minimum absolute atomic E-state index is 0.329. The van der Waals surface area contributed by atoms with E-state index in [0.29, 0.717) is 22.8 Å². The van der Waals surface area contributed by atoms with Gasteiger partial charge in [-0.05, 0) is 53.7 Å². The van der Waals surface area contributed by atoms with Gasteiger partial charge in [0.1, 0.15) is 17.8 Å². The van der Waals surface area contributed by atoms with Crippen LogP contribution >= 0.6 is 0 Å². The quantitative estimate of drug-likeness (QED) is 0.527. The van der Waals surface area contributed by atoms with Crippen molar-refractivity contribution in [3.05, 3.63) is 59.9 Å². The Hall–Kier alpha value is -3.75. The van der Waals surface area contributed by atoms with Crippen LogP contribution in [0.15, 0.2) is 53.9 Å². The maximum atomic E-state index is 12.3. The van der Waals surface area contributed by atoms with E-state index < -0.39 is 0 Å². The van der Waals surface area contributed by atoms with Crippen molar-refractivity contribution in [2.75, 3.05) is 14.2 Å². The van der Waals surface area contributed by atoms with Gasteiger partial charge in [0.2, 0.25) is 0 Å². The molecule has 0 fully saturated rings. The van der Waals surface area contributed by atoms with Crippen LogP contribution < -0.4 is 14.9 Å². The highest BCUT2D eigenvalue weighted by atomic mass is 16.5. The van der Waals surface area contributed by atoms with Crippen molar-refractivity contribution in [3.63, 3.8) is 0 Å². The highest BCUT2D eigenvalue weighted by Crippen LogP contribution is 2.25. The molecule has 0 aliphatic rings. The number of nitrogens with one attached hydrogen (secondary N) is 1. The monoisotopic (exact) mass is 366 g/mol. The van der Waals surface area contributed by atoms with E-state index in [1.54, 1.807) is 57.5 Å². The summed E-state index contributed by atoms with van der Waals surface area (Å²) >= 11 is 0. The number of tetrazole rings is 1. The van der Waals surface area contributed by atoms with Crippen LogP contribution in [0.2, 0.25) is 0 Å². The molecule has 0 saturated carbocycles. The number of ether oxygens (including phenoxy) is 2. The number of carbonyl (C=O) groups is 1. The van der Waals surface area contributed by atoms with Gasteiger partial charge in [-0.3, -0.25) is 4.79 Å². The summed E-state index contributed by atoms with van der Waals surface area (Å²) in [6.45, 7) is 1.78. The SMILES string of the molecule is COc1ccc(/C(C)=N/NC(=O)c2ccc(-n3cnnn3)cc2)c(OC)c1. The van der Waals surface area contributed by atoms with Gasteiger partial charge in [-0.15, -0.1) is 5.10 Å². The van der Waals surface area contributed by atoms with E-state index in [-0.39, 0.29) is 5.91 Å². The second-order valence-electron chi connectivity index (χ2n) is 5.51. The zero-order chi connectivity index (χ0) is 19.2. The average molecular weight is 366 g/mol. The molecule has 138 valence electrons. The van der Waals surface area contributed by atoms with Gasteiger partial charge < -0.3 is 9.47 Å². The number of hydrazone groups is 1. The van der Waals surface area contributed by atoms with Gasteiger partial charge >= 0.3 is 0 Å². The smallest absolute Gasteiger partial charge is 0.271 e. The second kappa shape index (κ2) is 8.09. The molecular weight excluding hydrogens is 348 g/mol. The maximum absolute atomic E-state index is 12.3. The first-order chi connectivity index (χ1) is 13.1. The normalized spacial score (nSPS) is 11.1. The molecule has 1 N–H and O–H groups in total. The summed E-state index contributed by atoms with van der Waals surface area (Å²) in [4.78, 5) is 12.3. The molecule has 0 unspecified atom stereocenters. The van der Waals surface area contributed by atoms with Crippen molar-refractivity contribution in [1.82, 2.24) is 25.6 Å². The predicted molar refractivity (Wildman–Crippen MR) is 98.4 cm³/mol. The third-order valence-electron chi connectivity index (χ3n) is 3.87. The van der Waals surface area contributed by atoms with Crippen LogP contribution in [0.1, 0.15) is 22.8 Å². The van der Waals surface area contributed by atoms with Crippen LogP contribution in [0.3, 0.4) is 0 Å². The van der Waals surface area contributed by atoms with Crippen LogP contribution in [0.5, 0.6) is 11.5 Å². The summed E-state index contributed by atoms with van der Waals surface area (Å²) in [5, 5.41) is 15.1. The molecule has 1 amide bonds. The minimum atomic E-state index is -0.329. The number of rotatable bonds is 6. The molecule has 9 heteroatoms. The van der Waals surface area contributed by atoms with Gasteiger partial charge in [-0.2, -0.15) is 5.10 Å². The standard InChI is InChI=1S/C18H18N6O3/c1-12(16-9-8-15(26-2)10-17(16)27-3)20-21-18(25)13-4-6-14(7-5-13)24-11-19-22-23-24/h4-11H,1-3H3,(H,21,25)/b20-12+. The summed E-state index contributed by atoms with van der Waals surface area (Å²) in [6.07, 6.45) is 1.48. The first kappa shape index (κ1) is 18.1. The molecule has 0 radical (unpaired) electrons. The molecule has 27 heavy (non-hydrogen) atoms. The topological polar surface area (TPSA) is 104 Å². The summed E-state index contributed by atoms with van der Waals surface area (Å²) in [5.41, 5.74) is 5.12. The molecule has 0 spiro atoms. The summed E-state index contributed by atoms with van der Waals surface area (Å²) in [7, 11) is 3.15. The molecule has 0 atom stereocenters. The third-order valence-corrected chi connectivity index (χ3v) is 3.87. The Morgan fingerprint density at radius 2 is 1.89 bits per heavy atom. The maximum Gasteiger partial charge on any atom is 0.271 e. The summed E-state index contributed by atoms with van der Waals surface area (Å²) in [6, 6.07) is 12.2. The van der Waals surface area contributed by atoms with Crippen LogP contribution in [-0.2, 0) is 0 Å². The van der Waals surface area contributed by atoms with E-state index in [9.17, 15) is 4.79 Å². The third kappa shape index (κ3) is 4.09. The van der Waals surface area contributed by atoms with E-state index in [0.717, 1.165) is 11.3 Å². The van der Waals surface area contributed by atoms with Crippen LogP contribution in [0, 0.1) is 0 Å². The average Bonchev–Trinajstić information content (AvgIpc) is 3.26. The summed E-state index contributed by atoms with van der Waals surface area (Å²) in [5.74, 6) is 0.954. The molecular formula is C18H18N6O3. The van der Waals surface area contributed by atoms with Crippen molar-refractivity contribution in [2.45, 2.75) is 6.92 Å². The Kier molecular flexibility index (Phi) is 5.41. The zero-order valence-electron chi connectivity index (χ0n) is 15.1. The van der Waals surface area contributed by atoms with Crippen molar-refractivity contribution in [3.8, 4) is 17.2 Å². The Balaban J connectivity index is 1.72. The number of carbonyl (C=O) groups excluding carboxylic acids is 1. The number of nitrogens with zero attached hydrogens (tertiary/aromatic N) is 5. The van der Waals surface area contributed by atoms with E-state index in [1.807, 2.05) is 6.07 Å². The lowest BCUT2D eigenvalue weighted by Crippen LogP contribution is -2.19. The van der Waals surface area contributed by atoms with Crippen molar-refractivity contribution >= 4 is 11.6 Å². The Labute approximate surface area is 155 Å². The predicted octanol–water partition coefficient (Wildman–Crippen LogP) is 1.83. The largest absolute Gasteiger partial charge is 0.497 e. The van der Waals surface area contributed by atoms with Gasteiger partial charge in [0.05, 0.1) is 25.6 Å². The number of amides is 1. The Morgan fingerprint density at radius 3 is 2.52 bits per heavy atom. The van der Waals surface area contributed by atoms with Crippen LogP contribution in [0.25, 0.3) is 5.69 Å². The minimum Gasteiger partial charge on any atom is -0.497 e. The number of benzene rings is 2. The van der Waals surface area contributed by atoms with Crippen molar-refractivity contribution in [1.29, 1.82) is 0 Å². The molecule has 0 bridgehead atoms. The fourth-order valence-electron chi connectivity index (χ4n) is 2.40. The molecule has 1 heterocycles. The molecule has 9 nitrogen and oxygen atoms in total. The molecule has 2 aromatic carbocycles. The molecule has 3 aromatic rings. The summed E-state index contributed by atoms with van der Waals surface area (Å²) < 4.78 is 12.0. The fraction of sp³-hybridized carbons (Fsp3) is 0.167. The number of methoxy groups -OCH3 is 2. The van der Waals surface area contributed by atoms with Gasteiger partial charge in [-0.1, -0.05) is 0 Å². The highest BCUT2D eigenvalue weighted by Gasteiger charge is 2.10. The Bertz CT molecular complexity index is 952. The number of aromatic nitrogens is 4. The second-order valence-corrected chi connectivity index (χ2v) is 5.51. The van der Waals surface area contributed by atoms with Gasteiger partial charge in [0.15, 0.2) is 0 Å². The number of hydrogen-bond acceptors (Lipinski definition) is 7. The Morgan fingerprint density at radius 1 is 1.11 bits per heavy atom. The lowest BCUT2D eigenvalue weighted by atomic mass is 10.1. The van der Waals surface area contributed by atoms with Crippen molar-refractivity contribution < 1.29 is 14.3 Å². The first-order valence-corrected chi connectivity index (χ1v) is 8.03. The van der Waals surface area contributed by atoms with Gasteiger partial charge in [0, 0.05) is 17.2 Å². The van der Waals surface area contributed by atoms with E-state index >= 15 is 0 Å². The highest BCUT2D eigenvalue weighted by molar-refractivity contribution is 6.02. The van der Waals surface area contributed by atoms with Gasteiger partial charge in [-0.25, -0.2) is 10.1 Å². The van der Waals surface area contributed by atoms with E-state index in [1.165, 1.54) is 11.0 Å². The fourth-order valence-corrected chi connectivity index (χ4v) is 2.40. The molecule has 0 saturated heterocycles.